The number of hydrogen-bond donors (Lipinski definition) is 2. The molecule has 0 saturated heterocycles. The predicted octanol–water partition coefficient (Wildman–Crippen LogP) is -1.94. The van der Waals surface area contributed by atoms with Gasteiger partial charge < -0.3 is 15.7 Å². The summed E-state index contributed by atoms with van der Waals surface area (Å²) in [5, 5.41) is 0. The van der Waals surface area contributed by atoms with Crippen LogP contribution in [0.2, 0.25) is 0 Å². The van der Waals surface area contributed by atoms with Crippen LogP contribution in [0.5, 0.6) is 6.01 Å². The van der Waals surface area contributed by atoms with Crippen molar-refractivity contribution in [2.24, 2.45) is 0 Å². The van der Waals surface area contributed by atoms with Crippen LogP contribution in [0.15, 0.2) is 0 Å². The topological polar surface area (TPSA) is 148 Å². The van der Waals surface area contributed by atoms with Gasteiger partial charge in [0, 0.05) is 0 Å². The zero-order valence-corrected chi connectivity index (χ0v) is 8.30. The SMILES string of the molecule is Nc1nc(N)c2c(n1)nc1n2OS(=O)(=O)O1. The Balaban J connectivity index is 2.38. The van der Waals surface area contributed by atoms with E-state index in [1.807, 2.05) is 0 Å². The van der Waals surface area contributed by atoms with E-state index in [0.717, 1.165) is 4.73 Å². The molecule has 0 bridgehead atoms. The summed E-state index contributed by atoms with van der Waals surface area (Å²) in [7, 11) is -4.12. The number of anilines is 2. The maximum absolute atomic E-state index is 11.0. The smallest absolute Gasteiger partial charge is 0.382 e. The molecule has 0 atom stereocenters. The van der Waals surface area contributed by atoms with Gasteiger partial charge in [-0.25, -0.2) is 0 Å². The fraction of sp³-hybridized carbons (Fsp3) is 0. The number of nitrogen functional groups attached to an aromatic ring is 2. The number of aromatic nitrogens is 4. The zero-order chi connectivity index (χ0) is 11.5. The Morgan fingerprint density at radius 1 is 1.19 bits per heavy atom. The van der Waals surface area contributed by atoms with Crippen molar-refractivity contribution in [1.29, 1.82) is 0 Å². The van der Waals surface area contributed by atoms with Crippen LogP contribution in [0, 0.1) is 0 Å². The zero-order valence-electron chi connectivity index (χ0n) is 7.48. The molecule has 16 heavy (non-hydrogen) atoms. The average molecular weight is 244 g/mol. The van der Waals surface area contributed by atoms with Gasteiger partial charge in [-0.05, 0) is 0 Å². The molecule has 3 heterocycles. The van der Waals surface area contributed by atoms with Gasteiger partial charge in [-0.1, -0.05) is 0 Å². The van der Waals surface area contributed by atoms with E-state index in [0.29, 0.717) is 0 Å². The molecule has 1 aliphatic heterocycles. The van der Waals surface area contributed by atoms with Crippen molar-refractivity contribution < 1.29 is 16.9 Å². The minimum atomic E-state index is -4.12. The number of nitrogens with zero attached hydrogens (tertiary/aromatic N) is 4. The molecule has 4 N–H and O–H groups in total. The first kappa shape index (κ1) is 8.96. The van der Waals surface area contributed by atoms with Gasteiger partial charge in [0.2, 0.25) is 5.95 Å². The highest BCUT2D eigenvalue weighted by Crippen LogP contribution is 2.28. The maximum atomic E-state index is 11.0. The van der Waals surface area contributed by atoms with E-state index >= 15 is 0 Å². The van der Waals surface area contributed by atoms with E-state index in [4.69, 9.17) is 11.5 Å². The molecule has 0 fully saturated rings. The van der Waals surface area contributed by atoms with Crippen molar-refractivity contribution in [2.45, 2.75) is 0 Å². The second-order valence-corrected chi connectivity index (χ2v) is 4.03. The van der Waals surface area contributed by atoms with Crippen LogP contribution in [0.25, 0.3) is 11.2 Å². The lowest BCUT2D eigenvalue weighted by molar-refractivity contribution is 0.311. The van der Waals surface area contributed by atoms with E-state index in [-0.39, 0.29) is 28.9 Å². The van der Waals surface area contributed by atoms with Crippen molar-refractivity contribution >= 4 is 33.3 Å². The molecule has 10 nitrogen and oxygen atoms in total. The Labute approximate surface area is 88.1 Å². The third-order valence-electron chi connectivity index (χ3n) is 1.83. The Kier molecular flexibility index (Phi) is 1.37. The molecule has 11 heteroatoms. The summed E-state index contributed by atoms with van der Waals surface area (Å²) in [6.07, 6.45) is 0. The lowest BCUT2D eigenvalue weighted by atomic mass is 10.5. The predicted molar refractivity (Wildman–Crippen MR) is 50.3 cm³/mol. The number of imidazole rings is 1. The van der Waals surface area contributed by atoms with Gasteiger partial charge in [-0.15, -0.1) is 13.1 Å². The molecule has 0 aromatic carbocycles. The largest absolute Gasteiger partial charge is 0.523 e. The Bertz CT molecular complexity index is 705. The molecule has 0 saturated carbocycles. The second-order valence-electron chi connectivity index (χ2n) is 2.89. The van der Waals surface area contributed by atoms with Gasteiger partial charge in [0.15, 0.2) is 17.0 Å². The number of hydrogen-bond acceptors (Lipinski definition) is 9. The van der Waals surface area contributed by atoms with Crippen molar-refractivity contribution in [1.82, 2.24) is 19.7 Å². The summed E-state index contributed by atoms with van der Waals surface area (Å²) < 4.78 is 31.6. The Hall–Kier alpha value is -2.30. The number of rotatable bonds is 0. The molecule has 0 amide bonds. The van der Waals surface area contributed by atoms with Gasteiger partial charge in [0.1, 0.15) is 0 Å². The Morgan fingerprint density at radius 3 is 2.69 bits per heavy atom. The van der Waals surface area contributed by atoms with E-state index in [1.54, 1.807) is 0 Å². The monoisotopic (exact) mass is 244 g/mol. The summed E-state index contributed by atoms with van der Waals surface area (Å²) in [4.78, 5) is 11.1. The van der Waals surface area contributed by atoms with Crippen molar-refractivity contribution in [3.05, 3.63) is 0 Å². The molecule has 0 unspecified atom stereocenters. The summed E-state index contributed by atoms with van der Waals surface area (Å²) in [6.45, 7) is 0. The number of nitrogens with two attached hydrogens (primary N) is 2. The molecular formula is C5H4N6O4S. The quantitative estimate of drug-likeness (QED) is 0.539. The molecular weight excluding hydrogens is 240 g/mol. The third-order valence-corrected chi connectivity index (χ3v) is 2.52. The summed E-state index contributed by atoms with van der Waals surface area (Å²) in [5.74, 6) is -0.133. The first-order valence-electron chi connectivity index (χ1n) is 3.92. The van der Waals surface area contributed by atoms with Gasteiger partial charge >= 0.3 is 16.4 Å². The van der Waals surface area contributed by atoms with Crippen molar-refractivity contribution in [3.8, 4) is 6.01 Å². The van der Waals surface area contributed by atoms with Crippen molar-refractivity contribution in [2.75, 3.05) is 11.5 Å². The Morgan fingerprint density at radius 2 is 1.94 bits per heavy atom. The lowest BCUT2D eigenvalue weighted by Crippen LogP contribution is -2.15. The number of fused-ring (bicyclic) bond motifs is 3. The standard InChI is InChI=1S/C5H4N6O4S/c6-2-1-3(9-4(7)8-2)10-5-11(1)15-16(12,13)14-5/h(H4,6,7,8,9). The van der Waals surface area contributed by atoms with Gasteiger partial charge in [0.05, 0.1) is 0 Å². The first-order chi connectivity index (χ1) is 7.46. The van der Waals surface area contributed by atoms with E-state index in [9.17, 15) is 8.42 Å². The van der Waals surface area contributed by atoms with E-state index in [1.165, 1.54) is 0 Å². The molecule has 0 aliphatic carbocycles. The lowest BCUT2D eigenvalue weighted by Gasteiger charge is -1.98. The first-order valence-corrected chi connectivity index (χ1v) is 5.25. The van der Waals surface area contributed by atoms with E-state index < -0.39 is 10.4 Å². The van der Waals surface area contributed by atoms with E-state index in [2.05, 4.69) is 23.4 Å². The van der Waals surface area contributed by atoms with Crippen LogP contribution in [0.1, 0.15) is 0 Å². The molecule has 84 valence electrons. The van der Waals surface area contributed by atoms with Crippen LogP contribution in [-0.2, 0) is 10.4 Å². The molecule has 2 aromatic heterocycles. The molecule has 0 spiro atoms. The maximum Gasteiger partial charge on any atom is 0.523 e. The molecule has 3 rings (SSSR count). The summed E-state index contributed by atoms with van der Waals surface area (Å²) in [5.41, 5.74) is 11.1. The highest BCUT2D eigenvalue weighted by atomic mass is 32.3. The second kappa shape index (κ2) is 2.44. The highest BCUT2D eigenvalue weighted by Gasteiger charge is 2.34. The third kappa shape index (κ3) is 1.05. The average Bonchev–Trinajstić information content (AvgIpc) is 2.54. The molecule has 0 radical (unpaired) electrons. The van der Waals surface area contributed by atoms with Crippen LogP contribution in [-0.4, -0.2) is 28.1 Å². The van der Waals surface area contributed by atoms with Gasteiger partial charge in [-0.3, -0.25) is 4.28 Å². The van der Waals surface area contributed by atoms with Gasteiger partial charge in [0.25, 0.3) is 0 Å². The summed E-state index contributed by atoms with van der Waals surface area (Å²) in [6, 6.07) is -0.290. The van der Waals surface area contributed by atoms with Crippen molar-refractivity contribution in [3.63, 3.8) is 0 Å². The highest BCUT2D eigenvalue weighted by molar-refractivity contribution is 7.82. The normalized spacial score (nSPS) is 16.8. The fourth-order valence-corrected chi connectivity index (χ4v) is 1.94. The van der Waals surface area contributed by atoms with Crippen LogP contribution >= 0.6 is 0 Å². The van der Waals surface area contributed by atoms with Crippen LogP contribution < -0.4 is 19.9 Å². The van der Waals surface area contributed by atoms with Crippen LogP contribution in [0.4, 0.5) is 11.8 Å². The fourth-order valence-electron chi connectivity index (χ4n) is 1.30. The minimum absolute atomic E-state index is 0.0537. The van der Waals surface area contributed by atoms with Gasteiger partial charge in [-0.2, -0.15) is 15.0 Å². The van der Waals surface area contributed by atoms with Crippen LogP contribution in [0.3, 0.4) is 0 Å². The minimum Gasteiger partial charge on any atom is -0.382 e. The summed E-state index contributed by atoms with van der Waals surface area (Å²) >= 11 is 0. The molecule has 2 aromatic rings. The molecule has 1 aliphatic rings.